The number of benzene rings is 1. The minimum atomic E-state index is -0.136. The van der Waals surface area contributed by atoms with Crippen LogP contribution in [0.4, 0.5) is 0 Å². The summed E-state index contributed by atoms with van der Waals surface area (Å²) in [5.41, 5.74) is 1.24. The van der Waals surface area contributed by atoms with E-state index in [4.69, 9.17) is 9.47 Å². The zero-order chi connectivity index (χ0) is 13.7. The lowest BCUT2D eigenvalue weighted by Gasteiger charge is -2.23. The van der Waals surface area contributed by atoms with Crippen LogP contribution in [0.3, 0.4) is 0 Å². The molecule has 1 aromatic rings. The number of methoxy groups -OCH3 is 1. The number of ether oxygens (including phenoxy) is 2. The molecule has 1 fully saturated rings. The van der Waals surface area contributed by atoms with Crippen molar-refractivity contribution in [1.29, 1.82) is 0 Å². The smallest absolute Gasteiger partial charge is 0.320 e. The van der Waals surface area contributed by atoms with Gasteiger partial charge in [0.1, 0.15) is 5.75 Å². The van der Waals surface area contributed by atoms with Crippen molar-refractivity contribution in [2.24, 2.45) is 0 Å². The van der Waals surface area contributed by atoms with Crippen molar-refractivity contribution in [2.75, 3.05) is 26.8 Å². The van der Waals surface area contributed by atoms with Crippen LogP contribution in [0.2, 0.25) is 0 Å². The Morgan fingerprint density at radius 3 is 2.74 bits per heavy atom. The predicted molar refractivity (Wildman–Crippen MR) is 73.2 cm³/mol. The number of nitrogens with zero attached hydrogens (tertiary/aromatic N) is 1. The monoisotopic (exact) mass is 263 g/mol. The Morgan fingerprint density at radius 1 is 1.37 bits per heavy atom. The second-order valence-corrected chi connectivity index (χ2v) is 4.71. The Labute approximate surface area is 114 Å². The number of rotatable bonds is 5. The van der Waals surface area contributed by atoms with Crippen LogP contribution in [0, 0.1) is 0 Å². The normalized spacial score (nSPS) is 19.4. The molecule has 2 rings (SSSR count). The van der Waals surface area contributed by atoms with E-state index < -0.39 is 0 Å². The maximum atomic E-state index is 11.6. The summed E-state index contributed by atoms with van der Waals surface area (Å²) in [6, 6.07) is 8.40. The molecule has 104 valence electrons. The number of likely N-dealkylation sites (tertiary alicyclic amines) is 1. The van der Waals surface area contributed by atoms with Gasteiger partial charge in [0, 0.05) is 6.04 Å². The summed E-state index contributed by atoms with van der Waals surface area (Å²) >= 11 is 0. The molecule has 1 unspecified atom stereocenters. The molecule has 0 aromatic heterocycles. The van der Waals surface area contributed by atoms with Crippen molar-refractivity contribution in [3.8, 4) is 5.75 Å². The zero-order valence-corrected chi connectivity index (χ0v) is 11.6. The Hall–Kier alpha value is -1.55. The van der Waals surface area contributed by atoms with Gasteiger partial charge in [-0.15, -0.1) is 0 Å². The SMILES string of the molecule is CCOC(=O)CN1CCCC1c1ccc(OC)cc1. The minimum Gasteiger partial charge on any atom is -0.497 e. The van der Waals surface area contributed by atoms with Crippen molar-refractivity contribution in [2.45, 2.75) is 25.8 Å². The van der Waals surface area contributed by atoms with Gasteiger partial charge in [0.2, 0.25) is 0 Å². The van der Waals surface area contributed by atoms with Gasteiger partial charge in [-0.2, -0.15) is 0 Å². The molecule has 1 heterocycles. The van der Waals surface area contributed by atoms with Crippen molar-refractivity contribution in [3.63, 3.8) is 0 Å². The third-order valence-electron chi connectivity index (χ3n) is 3.50. The molecular weight excluding hydrogens is 242 g/mol. The summed E-state index contributed by atoms with van der Waals surface area (Å²) < 4.78 is 10.2. The quantitative estimate of drug-likeness (QED) is 0.765. The fraction of sp³-hybridized carbons (Fsp3) is 0.533. The first-order chi connectivity index (χ1) is 9.24. The second-order valence-electron chi connectivity index (χ2n) is 4.71. The summed E-state index contributed by atoms with van der Waals surface area (Å²) in [5, 5.41) is 0. The molecule has 0 amide bonds. The van der Waals surface area contributed by atoms with Crippen molar-refractivity contribution < 1.29 is 14.3 Å². The van der Waals surface area contributed by atoms with E-state index in [9.17, 15) is 4.79 Å². The highest BCUT2D eigenvalue weighted by atomic mass is 16.5. The summed E-state index contributed by atoms with van der Waals surface area (Å²) in [5.74, 6) is 0.724. The Bertz CT molecular complexity index is 416. The van der Waals surface area contributed by atoms with Gasteiger partial charge in [0.25, 0.3) is 0 Å². The maximum Gasteiger partial charge on any atom is 0.320 e. The fourth-order valence-electron chi connectivity index (χ4n) is 2.59. The van der Waals surface area contributed by atoms with E-state index in [-0.39, 0.29) is 5.97 Å². The highest BCUT2D eigenvalue weighted by Gasteiger charge is 2.27. The van der Waals surface area contributed by atoms with E-state index in [1.807, 2.05) is 19.1 Å². The van der Waals surface area contributed by atoms with Crippen LogP contribution in [-0.4, -0.2) is 37.7 Å². The summed E-state index contributed by atoms with van der Waals surface area (Å²) in [4.78, 5) is 13.8. The fourth-order valence-corrected chi connectivity index (χ4v) is 2.59. The van der Waals surface area contributed by atoms with E-state index in [0.29, 0.717) is 19.2 Å². The van der Waals surface area contributed by atoms with Gasteiger partial charge >= 0.3 is 5.97 Å². The Kier molecular flexibility index (Phi) is 4.80. The molecule has 1 aliphatic rings. The van der Waals surface area contributed by atoms with Crippen molar-refractivity contribution in [3.05, 3.63) is 29.8 Å². The van der Waals surface area contributed by atoms with Crippen molar-refractivity contribution >= 4 is 5.97 Å². The van der Waals surface area contributed by atoms with Crippen LogP contribution in [-0.2, 0) is 9.53 Å². The number of carbonyl (C=O) groups excluding carboxylic acids is 1. The molecule has 1 atom stereocenters. The molecule has 1 saturated heterocycles. The van der Waals surface area contributed by atoms with Gasteiger partial charge in [-0.3, -0.25) is 9.69 Å². The van der Waals surface area contributed by atoms with E-state index >= 15 is 0 Å². The third-order valence-corrected chi connectivity index (χ3v) is 3.50. The van der Waals surface area contributed by atoms with E-state index in [0.717, 1.165) is 25.1 Å². The first kappa shape index (κ1) is 13.9. The van der Waals surface area contributed by atoms with Crippen LogP contribution in [0.15, 0.2) is 24.3 Å². The Morgan fingerprint density at radius 2 is 2.11 bits per heavy atom. The highest BCUT2D eigenvalue weighted by Crippen LogP contribution is 2.32. The minimum absolute atomic E-state index is 0.136. The third kappa shape index (κ3) is 3.47. The van der Waals surface area contributed by atoms with Crippen LogP contribution in [0.25, 0.3) is 0 Å². The summed E-state index contributed by atoms with van der Waals surface area (Å²) in [6.07, 6.45) is 2.21. The average Bonchev–Trinajstić information content (AvgIpc) is 2.87. The lowest BCUT2D eigenvalue weighted by Crippen LogP contribution is -2.30. The van der Waals surface area contributed by atoms with Gasteiger partial charge in [0.05, 0.1) is 20.3 Å². The summed E-state index contributed by atoms with van der Waals surface area (Å²) in [6.45, 7) is 3.61. The standard InChI is InChI=1S/C15H21NO3/c1-3-19-15(17)11-16-10-4-5-14(16)12-6-8-13(18-2)9-7-12/h6-9,14H,3-5,10-11H2,1-2H3. The summed E-state index contributed by atoms with van der Waals surface area (Å²) in [7, 11) is 1.66. The molecule has 1 aromatic carbocycles. The van der Waals surface area contributed by atoms with Gasteiger partial charge in [-0.25, -0.2) is 0 Å². The largest absolute Gasteiger partial charge is 0.497 e. The lowest BCUT2D eigenvalue weighted by atomic mass is 10.0. The predicted octanol–water partition coefficient (Wildman–Crippen LogP) is 2.40. The van der Waals surface area contributed by atoms with Gasteiger partial charge in [0.15, 0.2) is 0 Å². The second kappa shape index (κ2) is 6.57. The molecule has 0 spiro atoms. The molecule has 4 nitrogen and oxygen atoms in total. The maximum absolute atomic E-state index is 11.6. The van der Waals surface area contributed by atoms with Crippen LogP contribution in [0.5, 0.6) is 5.75 Å². The number of hydrogen-bond donors (Lipinski definition) is 0. The average molecular weight is 263 g/mol. The van der Waals surface area contributed by atoms with Gasteiger partial charge in [-0.05, 0) is 44.0 Å². The molecule has 0 bridgehead atoms. The number of carbonyl (C=O) groups is 1. The topological polar surface area (TPSA) is 38.8 Å². The van der Waals surface area contributed by atoms with Crippen LogP contribution < -0.4 is 4.74 Å². The first-order valence-corrected chi connectivity index (χ1v) is 6.78. The molecule has 0 saturated carbocycles. The lowest BCUT2D eigenvalue weighted by molar-refractivity contribution is -0.144. The van der Waals surface area contributed by atoms with Crippen LogP contribution in [0.1, 0.15) is 31.4 Å². The van der Waals surface area contributed by atoms with E-state index in [2.05, 4.69) is 17.0 Å². The van der Waals surface area contributed by atoms with E-state index in [1.54, 1.807) is 7.11 Å². The molecule has 0 aliphatic carbocycles. The zero-order valence-electron chi connectivity index (χ0n) is 11.6. The number of hydrogen-bond acceptors (Lipinski definition) is 4. The molecule has 0 radical (unpaired) electrons. The first-order valence-electron chi connectivity index (χ1n) is 6.78. The molecule has 19 heavy (non-hydrogen) atoms. The number of esters is 1. The molecule has 4 heteroatoms. The molecule has 0 N–H and O–H groups in total. The van der Waals surface area contributed by atoms with Crippen molar-refractivity contribution in [1.82, 2.24) is 4.90 Å². The van der Waals surface area contributed by atoms with Crippen LogP contribution >= 0.6 is 0 Å². The Balaban J connectivity index is 2.02. The van der Waals surface area contributed by atoms with Gasteiger partial charge in [-0.1, -0.05) is 12.1 Å². The van der Waals surface area contributed by atoms with E-state index in [1.165, 1.54) is 5.56 Å². The van der Waals surface area contributed by atoms with Gasteiger partial charge < -0.3 is 9.47 Å². The molecule has 1 aliphatic heterocycles. The highest BCUT2D eigenvalue weighted by molar-refractivity contribution is 5.71. The molecular formula is C15H21NO3.